The van der Waals surface area contributed by atoms with Crippen LogP contribution in [0.3, 0.4) is 0 Å². The number of hydrogen-bond donors (Lipinski definition) is 0. The van der Waals surface area contributed by atoms with Gasteiger partial charge in [-0.2, -0.15) is 0 Å². The molecule has 72 valence electrons. The predicted molar refractivity (Wildman–Crippen MR) is 57.5 cm³/mol. The Morgan fingerprint density at radius 3 is 2.69 bits per heavy atom. The van der Waals surface area contributed by atoms with Crippen LogP contribution in [-0.2, 0) is 0 Å². The lowest BCUT2D eigenvalue weighted by molar-refractivity contribution is 0.0979. The van der Waals surface area contributed by atoms with Gasteiger partial charge in [-0.25, -0.2) is 0 Å². The van der Waals surface area contributed by atoms with E-state index in [-0.39, 0.29) is 0 Å². The molecule has 1 aromatic heterocycles. The minimum Gasteiger partial charge on any atom is -0.293 e. The fourth-order valence-electron chi connectivity index (χ4n) is 1.19. The molecule has 1 aromatic rings. The summed E-state index contributed by atoms with van der Waals surface area (Å²) in [7, 11) is 0. The van der Waals surface area contributed by atoms with Gasteiger partial charge in [-0.15, -0.1) is 11.3 Å². The maximum absolute atomic E-state index is 11.6. The first-order chi connectivity index (χ1) is 6.11. The van der Waals surface area contributed by atoms with Gasteiger partial charge < -0.3 is 0 Å². The second kappa shape index (κ2) is 4.56. The Hall–Kier alpha value is -0.630. The smallest absolute Gasteiger partial charge is 0.173 e. The van der Waals surface area contributed by atoms with Crippen molar-refractivity contribution in [3.8, 4) is 0 Å². The fourth-order valence-corrected chi connectivity index (χ4v) is 2.09. The molecule has 1 heterocycles. The second-order valence-corrected chi connectivity index (χ2v) is 4.70. The molecular formula is C11H16OS. The normalized spacial score (nSPS) is 10.8. The zero-order valence-corrected chi connectivity index (χ0v) is 9.28. The molecule has 0 atom stereocenters. The highest BCUT2D eigenvalue weighted by Gasteiger charge is 2.10. The van der Waals surface area contributed by atoms with Crippen molar-refractivity contribution in [1.82, 2.24) is 0 Å². The van der Waals surface area contributed by atoms with Crippen molar-refractivity contribution in [2.45, 2.75) is 33.6 Å². The number of Topliss-reactive ketones (excluding diaryl/α,β-unsaturated/α-hetero) is 1. The highest BCUT2D eigenvalue weighted by atomic mass is 32.1. The third-order valence-corrected chi connectivity index (χ3v) is 3.12. The van der Waals surface area contributed by atoms with Crippen LogP contribution < -0.4 is 0 Å². The van der Waals surface area contributed by atoms with Crippen molar-refractivity contribution >= 4 is 17.1 Å². The number of ketones is 1. The standard InChI is InChI=1S/C11H16OS/c1-8(2)4-5-10(12)11-9(3)6-7-13-11/h6-8H,4-5H2,1-3H3. The molecule has 0 spiro atoms. The summed E-state index contributed by atoms with van der Waals surface area (Å²) in [5, 5.41) is 1.98. The van der Waals surface area contributed by atoms with Crippen LogP contribution in [0.5, 0.6) is 0 Å². The van der Waals surface area contributed by atoms with E-state index in [9.17, 15) is 4.79 Å². The molecule has 13 heavy (non-hydrogen) atoms. The zero-order valence-electron chi connectivity index (χ0n) is 8.46. The lowest BCUT2D eigenvalue weighted by Crippen LogP contribution is -2.00. The Morgan fingerprint density at radius 1 is 1.54 bits per heavy atom. The Kier molecular flexibility index (Phi) is 3.67. The van der Waals surface area contributed by atoms with Crippen LogP contribution in [0.25, 0.3) is 0 Å². The summed E-state index contributed by atoms with van der Waals surface area (Å²) in [6.07, 6.45) is 1.69. The molecule has 0 saturated carbocycles. The molecule has 0 aromatic carbocycles. The molecule has 0 saturated heterocycles. The summed E-state index contributed by atoms with van der Waals surface area (Å²) >= 11 is 1.56. The molecule has 0 amide bonds. The van der Waals surface area contributed by atoms with Crippen LogP contribution in [0.2, 0.25) is 0 Å². The van der Waals surface area contributed by atoms with Gasteiger partial charge in [0.25, 0.3) is 0 Å². The first-order valence-corrected chi connectivity index (χ1v) is 5.56. The number of carbonyl (C=O) groups excluding carboxylic acids is 1. The molecule has 0 aliphatic heterocycles. The van der Waals surface area contributed by atoms with E-state index in [1.807, 2.05) is 18.4 Å². The largest absolute Gasteiger partial charge is 0.293 e. The SMILES string of the molecule is Cc1ccsc1C(=O)CCC(C)C. The molecule has 1 nitrogen and oxygen atoms in total. The monoisotopic (exact) mass is 196 g/mol. The number of hydrogen-bond acceptors (Lipinski definition) is 2. The van der Waals surface area contributed by atoms with E-state index >= 15 is 0 Å². The van der Waals surface area contributed by atoms with Gasteiger partial charge in [-0.3, -0.25) is 4.79 Å². The van der Waals surface area contributed by atoms with Crippen molar-refractivity contribution in [2.75, 3.05) is 0 Å². The summed E-state index contributed by atoms with van der Waals surface area (Å²) < 4.78 is 0. The van der Waals surface area contributed by atoms with E-state index in [1.165, 1.54) is 0 Å². The highest BCUT2D eigenvalue weighted by Crippen LogP contribution is 2.19. The van der Waals surface area contributed by atoms with Gasteiger partial charge in [-0.05, 0) is 36.3 Å². The summed E-state index contributed by atoms with van der Waals surface area (Å²) in [4.78, 5) is 12.6. The molecule has 0 aliphatic carbocycles. The van der Waals surface area contributed by atoms with Crippen LogP contribution in [-0.4, -0.2) is 5.78 Å². The first-order valence-electron chi connectivity index (χ1n) is 4.68. The number of rotatable bonds is 4. The molecule has 2 heteroatoms. The highest BCUT2D eigenvalue weighted by molar-refractivity contribution is 7.12. The van der Waals surface area contributed by atoms with Crippen molar-refractivity contribution in [1.29, 1.82) is 0 Å². The average Bonchev–Trinajstić information content (AvgIpc) is 2.47. The molecule has 1 rings (SSSR count). The van der Waals surface area contributed by atoms with Crippen molar-refractivity contribution in [2.24, 2.45) is 5.92 Å². The Bertz CT molecular complexity index is 286. The first kappa shape index (κ1) is 10.5. The van der Waals surface area contributed by atoms with Gasteiger partial charge in [0, 0.05) is 6.42 Å². The Balaban J connectivity index is 2.54. The quantitative estimate of drug-likeness (QED) is 0.671. The zero-order chi connectivity index (χ0) is 9.84. The molecular weight excluding hydrogens is 180 g/mol. The summed E-state index contributed by atoms with van der Waals surface area (Å²) in [5.74, 6) is 0.922. The summed E-state index contributed by atoms with van der Waals surface area (Å²) in [6, 6.07) is 2.01. The second-order valence-electron chi connectivity index (χ2n) is 3.79. The van der Waals surface area contributed by atoms with Gasteiger partial charge in [0.2, 0.25) is 0 Å². The van der Waals surface area contributed by atoms with E-state index in [4.69, 9.17) is 0 Å². The lowest BCUT2D eigenvalue weighted by Gasteiger charge is -2.02. The molecule has 0 N–H and O–H groups in total. The Morgan fingerprint density at radius 2 is 2.23 bits per heavy atom. The topological polar surface area (TPSA) is 17.1 Å². The van der Waals surface area contributed by atoms with Crippen molar-refractivity contribution in [3.63, 3.8) is 0 Å². The van der Waals surface area contributed by atoms with E-state index in [1.54, 1.807) is 11.3 Å². The molecule has 0 fully saturated rings. The average molecular weight is 196 g/mol. The fraction of sp³-hybridized carbons (Fsp3) is 0.545. The third kappa shape index (κ3) is 2.96. The van der Waals surface area contributed by atoms with E-state index in [0.29, 0.717) is 18.1 Å². The van der Waals surface area contributed by atoms with E-state index < -0.39 is 0 Å². The number of thiophene rings is 1. The van der Waals surface area contributed by atoms with E-state index in [0.717, 1.165) is 16.9 Å². The minimum atomic E-state index is 0.307. The third-order valence-electron chi connectivity index (χ3n) is 2.06. The molecule has 0 bridgehead atoms. The van der Waals surface area contributed by atoms with Gasteiger partial charge in [-0.1, -0.05) is 13.8 Å². The molecule has 0 unspecified atom stereocenters. The summed E-state index contributed by atoms with van der Waals surface area (Å²) in [6.45, 7) is 6.29. The predicted octanol–water partition coefficient (Wildman–Crippen LogP) is 3.68. The Labute approximate surface area is 83.8 Å². The minimum absolute atomic E-state index is 0.307. The van der Waals surface area contributed by atoms with Crippen molar-refractivity contribution in [3.05, 3.63) is 21.9 Å². The van der Waals surface area contributed by atoms with Crippen LogP contribution in [0.15, 0.2) is 11.4 Å². The molecule has 0 radical (unpaired) electrons. The van der Waals surface area contributed by atoms with Crippen LogP contribution in [0.4, 0.5) is 0 Å². The van der Waals surface area contributed by atoms with Gasteiger partial charge in [0.15, 0.2) is 5.78 Å². The van der Waals surface area contributed by atoms with Crippen LogP contribution >= 0.6 is 11.3 Å². The molecule has 0 aliphatic rings. The van der Waals surface area contributed by atoms with Crippen LogP contribution in [0, 0.1) is 12.8 Å². The van der Waals surface area contributed by atoms with E-state index in [2.05, 4.69) is 13.8 Å². The number of carbonyl (C=O) groups is 1. The van der Waals surface area contributed by atoms with Gasteiger partial charge in [0.1, 0.15) is 0 Å². The van der Waals surface area contributed by atoms with Gasteiger partial charge >= 0.3 is 0 Å². The number of aryl methyl sites for hydroxylation is 1. The van der Waals surface area contributed by atoms with Crippen molar-refractivity contribution < 1.29 is 4.79 Å². The maximum Gasteiger partial charge on any atom is 0.173 e. The maximum atomic E-state index is 11.6. The van der Waals surface area contributed by atoms with Gasteiger partial charge in [0.05, 0.1) is 4.88 Å². The summed E-state index contributed by atoms with van der Waals surface area (Å²) in [5.41, 5.74) is 1.12. The van der Waals surface area contributed by atoms with Crippen LogP contribution in [0.1, 0.15) is 41.9 Å². The lowest BCUT2D eigenvalue weighted by atomic mass is 10.0.